The Kier molecular flexibility index (Phi) is 4.62. The van der Waals surface area contributed by atoms with Gasteiger partial charge in [0, 0.05) is 12.0 Å². The molecule has 0 aromatic rings. The monoisotopic (exact) mass is 255 g/mol. The van der Waals surface area contributed by atoms with Gasteiger partial charge in [0.1, 0.15) is 6.04 Å². The van der Waals surface area contributed by atoms with E-state index in [2.05, 4.69) is 4.90 Å². The van der Waals surface area contributed by atoms with Gasteiger partial charge in [-0.15, -0.1) is 0 Å². The van der Waals surface area contributed by atoms with E-state index in [0.717, 1.165) is 38.6 Å². The molecule has 4 nitrogen and oxygen atoms in total. The van der Waals surface area contributed by atoms with E-state index in [9.17, 15) is 9.90 Å². The molecular weight excluding hydrogens is 230 g/mol. The maximum atomic E-state index is 11.7. The van der Waals surface area contributed by atoms with E-state index < -0.39 is 0 Å². The fourth-order valence-corrected chi connectivity index (χ4v) is 3.64. The molecule has 4 unspecified atom stereocenters. The first-order valence-corrected chi connectivity index (χ1v) is 7.16. The number of nitrogens with zero attached hydrogens (tertiary/aromatic N) is 1. The Hall–Kier alpha value is -0.610. The number of ether oxygens (including phenoxy) is 1. The summed E-state index contributed by atoms with van der Waals surface area (Å²) in [6.07, 6.45) is 6.39. The second-order valence-corrected chi connectivity index (χ2v) is 5.66. The van der Waals surface area contributed by atoms with Crippen molar-refractivity contribution in [2.75, 3.05) is 13.7 Å². The number of likely N-dealkylation sites (tertiary alicyclic amines) is 1. The number of aliphatic hydroxyl groups is 1. The van der Waals surface area contributed by atoms with Gasteiger partial charge >= 0.3 is 5.97 Å². The molecule has 104 valence electrons. The van der Waals surface area contributed by atoms with Crippen LogP contribution in [0.25, 0.3) is 0 Å². The van der Waals surface area contributed by atoms with Gasteiger partial charge < -0.3 is 9.84 Å². The summed E-state index contributed by atoms with van der Waals surface area (Å²) in [5.41, 5.74) is 0. The first kappa shape index (κ1) is 13.8. The van der Waals surface area contributed by atoms with Crippen LogP contribution in [0, 0.1) is 5.92 Å². The van der Waals surface area contributed by atoms with Gasteiger partial charge in [0.25, 0.3) is 0 Å². The average molecular weight is 255 g/mol. The molecule has 0 aromatic carbocycles. The Morgan fingerprint density at radius 3 is 2.67 bits per heavy atom. The van der Waals surface area contributed by atoms with E-state index in [-0.39, 0.29) is 18.1 Å². The molecule has 0 radical (unpaired) electrons. The maximum Gasteiger partial charge on any atom is 0.322 e. The fraction of sp³-hybridized carbons (Fsp3) is 0.929. The molecule has 4 heteroatoms. The molecule has 1 saturated carbocycles. The number of rotatable bonds is 3. The van der Waals surface area contributed by atoms with Gasteiger partial charge in [-0.3, -0.25) is 9.69 Å². The summed E-state index contributed by atoms with van der Waals surface area (Å²) in [6.45, 7) is 2.87. The standard InChI is InChI=1S/C14H25NO3/c1-10(14(17)18-2)15-9-4-3-7-12(15)11-6-5-8-13(11)16/h10-13,16H,3-9H2,1-2H3. The molecule has 1 saturated heterocycles. The van der Waals surface area contributed by atoms with Gasteiger partial charge in [-0.25, -0.2) is 0 Å². The van der Waals surface area contributed by atoms with Crippen LogP contribution in [0.4, 0.5) is 0 Å². The van der Waals surface area contributed by atoms with Crippen LogP contribution in [0.15, 0.2) is 0 Å². The summed E-state index contributed by atoms with van der Waals surface area (Å²) in [6, 6.07) is 0.165. The summed E-state index contributed by atoms with van der Waals surface area (Å²) in [4.78, 5) is 14.0. The second kappa shape index (κ2) is 6.02. The minimum atomic E-state index is -0.187. The summed E-state index contributed by atoms with van der Waals surface area (Å²) < 4.78 is 4.86. The molecule has 1 aliphatic heterocycles. The topological polar surface area (TPSA) is 49.8 Å². The number of piperidine rings is 1. The smallest absolute Gasteiger partial charge is 0.322 e. The van der Waals surface area contributed by atoms with Crippen LogP contribution < -0.4 is 0 Å². The van der Waals surface area contributed by atoms with E-state index in [4.69, 9.17) is 4.74 Å². The van der Waals surface area contributed by atoms with E-state index in [1.807, 2.05) is 6.92 Å². The molecule has 1 N–H and O–H groups in total. The van der Waals surface area contributed by atoms with Crippen molar-refractivity contribution in [3.8, 4) is 0 Å². The zero-order valence-corrected chi connectivity index (χ0v) is 11.5. The lowest BCUT2D eigenvalue weighted by Crippen LogP contribution is -2.52. The van der Waals surface area contributed by atoms with Gasteiger partial charge in [-0.05, 0) is 39.2 Å². The van der Waals surface area contributed by atoms with Crippen molar-refractivity contribution in [1.29, 1.82) is 0 Å². The lowest BCUT2D eigenvalue weighted by atomic mass is 9.87. The lowest BCUT2D eigenvalue weighted by Gasteiger charge is -2.42. The molecule has 2 fully saturated rings. The SMILES string of the molecule is COC(=O)C(C)N1CCCCC1C1CCCC1O. The number of aliphatic hydroxyl groups excluding tert-OH is 1. The van der Waals surface area contributed by atoms with Crippen LogP contribution in [-0.4, -0.2) is 47.8 Å². The van der Waals surface area contributed by atoms with Crippen LogP contribution in [0.5, 0.6) is 0 Å². The molecule has 0 spiro atoms. The number of carbonyl (C=O) groups excluding carboxylic acids is 1. The van der Waals surface area contributed by atoms with Gasteiger partial charge in [-0.2, -0.15) is 0 Å². The Morgan fingerprint density at radius 2 is 2.06 bits per heavy atom. The van der Waals surface area contributed by atoms with Crippen molar-refractivity contribution in [3.63, 3.8) is 0 Å². The molecule has 0 aromatic heterocycles. The number of hydrogen-bond donors (Lipinski definition) is 1. The normalized spacial score (nSPS) is 35.4. The third-order valence-electron chi connectivity index (χ3n) is 4.66. The van der Waals surface area contributed by atoms with E-state index in [1.54, 1.807) is 0 Å². The van der Waals surface area contributed by atoms with Crippen molar-refractivity contribution in [1.82, 2.24) is 4.90 Å². The van der Waals surface area contributed by atoms with E-state index in [1.165, 1.54) is 13.5 Å². The van der Waals surface area contributed by atoms with Crippen LogP contribution in [0.1, 0.15) is 45.4 Å². The number of carbonyl (C=O) groups is 1. The Balaban J connectivity index is 2.07. The molecule has 4 atom stereocenters. The summed E-state index contributed by atoms with van der Waals surface area (Å²) >= 11 is 0. The van der Waals surface area contributed by atoms with Crippen molar-refractivity contribution in [3.05, 3.63) is 0 Å². The Bertz CT molecular complexity index is 295. The van der Waals surface area contributed by atoms with Crippen LogP contribution >= 0.6 is 0 Å². The second-order valence-electron chi connectivity index (χ2n) is 5.66. The highest BCUT2D eigenvalue weighted by Crippen LogP contribution is 2.36. The first-order chi connectivity index (χ1) is 8.65. The average Bonchev–Trinajstić information content (AvgIpc) is 2.83. The summed E-state index contributed by atoms with van der Waals surface area (Å²) in [5.74, 6) is 0.187. The van der Waals surface area contributed by atoms with Crippen molar-refractivity contribution < 1.29 is 14.6 Å². The quantitative estimate of drug-likeness (QED) is 0.778. The van der Waals surface area contributed by atoms with Crippen LogP contribution in [-0.2, 0) is 9.53 Å². The molecule has 0 amide bonds. The van der Waals surface area contributed by atoms with Gasteiger partial charge in [0.05, 0.1) is 13.2 Å². The zero-order chi connectivity index (χ0) is 13.1. The molecule has 1 heterocycles. The lowest BCUT2D eigenvalue weighted by molar-refractivity contribution is -0.149. The fourth-order valence-electron chi connectivity index (χ4n) is 3.64. The van der Waals surface area contributed by atoms with Crippen molar-refractivity contribution in [2.24, 2.45) is 5.92 Å². The third kappa shape index (κ3) is 2.69. The minimum absolute atomic E-state index is 0.158. The highest BCUT2D eigenvalue weighted by molar-refractivity contribution is 5.75. The number of esters is 1. The minimum Gasteiger partial charge on any atom is -0.468 e. The van der Waals surface area contributed by atoms with Gasteiger partial charge in [-0.1, -0.05) is 12.8 Å². The third-order valence-corrected chi connectivity index (χ3v) is 4.66. The summed E-state index contributed by atoms with van der Waals surface area (Å²) in [7, 11) is 1.45. The molecule has 18 heavy (non-hydrogen) atoms. The highest BCUT2D eigenvalue weighted by Gasteiger charge is 2.40. The van der Waals surface area contributed by atoms with Crippen LogP contribution in [0.2, 0.25) is 0 Å². The maximum absolute atomic E-state index is 11.7. The first-order valence-electron chi connectivity index (χ1n) is 7.16. The van der Waals surface area contributed by atoms with Gasteiger partial charge in [0.2, 0.25) is 0 Å². The highest BCUT2D eigenvalue weighted by atomic mass is 16.5. The predicted molar refractivity (Wildman–Crippen MR) is 69.2 cm³/mol. The van der Waals surface area contributed by atoms with Crippen LogP contribution in [0.3, 0.4) is 0 Å². The largest absolute Gasteiger partial charge is 0.468 e. The van der Waals surface area contributed by atoms with E-state index in [0.29, 0.717) is 12.0 Å². The Morgan fingerprint density at radius 1 is 1.28 bits per heavy atom. The molecule has 2 rings (SSSR count). The van der Waals surface area contributed by atoms with E-state index >= 15 is 0 Å². The molecule has 1 aliphatic carbocycles. The molecule has 2 aliphatic rings. The van der Waals surface area contributed by atoms with Crippen molar-refractivity contribution in [2.45, 2.75) is 63.6 Å². The zero-order valence-electron chi connectivity index (χ0n) is 11.5. The van der Waals surface area contributed by atoms with Crippen molar-refractivity contribution >= 4 is 5.97 Å². The molecule has 0 bridgehead atoms. The van der Waals surface area contributed by atoms with Gasteiger partial charge in [0.15, 0.2) is 0 Å². The predicted octanol–water partition coefficient (Wildman–Crippen LogP) is 1.56. The Labute approximate surface area is 109 Å². The number of hydrogen-bond acceptors (Lipinski definition) is 4. The molecular formula is C14H25NO3. The summed E-state index contributed by atoms with van der Waals surface area (Å²) in [5, 5.41) is 10.1. The number of methoxy groups -OCH3 is 1.